The van der Waals surface area contributed by atoms with Gasteiger partial charge in [-0.2, -0.15) is 13.2 Å². The Morgan fingerprint density at radius 3 is 2.70 bits per heavy atom. The predicted molar refractivity (Wildman–Crippen MR) is 75.7 cm³/mol. The Balaban J connectivity index is 2.13. The first-order chi connectivity index (χ1) is 10.7. The number of aromatic amines is 1. The molecule has 1 aliphatic rings. The van der Waals surface area contributed by atoms with Gasteiger partial charge in [0.25, 0.3) is 5.56 Å². The van der Waals surface area contributed by atoms with Crippen molar-refractivity contribution in [3.63, 3.8) is 0 Å². The standard InChI is InChI=1S/C14H16F3N3O3/c1-8-3-2-4-20(7-8)13(23)12(22)19-10-5-9(14(15,16)17)6-18-11(10)21/h5-6,8H,2-4,7H2,1H3,(H,18,21)(H,19,22). The van der Waals surface area contributed by atoms with Gasteiger partial charge < -0.3 is 15.2 Å². The van der Waals surface area contributed by atoms with Crippen LogP contribution in [0.15, 0.2) is 17.1 Å². The van der Waals surface area contributed by atoms with Gasteiger partial charge in [0.1, 0.15) is 5.69 Å². The topological polar surface area (TPSA) is 82.3 Å². The Kier molecular flexibility index (Phi) is 4.76. The van der Waals surface area contributed by atoms with E-state index in [0.717, 1.165) is 12.8 Å². The molecule has 1 atom stereocenters. The van der Waals surface area contributed by atoms with Crippen molar-refractivity contribution in [3.8, 4) is 0 Å². The average Bonchev–Trinajstić information content (AvgIpc) is 2.47. The van der Waals surface area contributed by atoms with Gasteiger partial charge in [-0.1, -0.05) is 6.92 Å². The molecule has 1 unspecified atom stereocenters. The molecular formula is C14H16F3N3O3. The minimum Gasteiger partial charge on any atom is -0.334 e. The van der Waals surface area contributed by atoms with Crippen LogP contribution in [0.25, 0.3) is 0 Å². The summed E-state index contributed by atoms with van der Waals surface area (Å²) < 4.78 is 37.9. The van der Waals surface area contributed by atoms with Crippen molar-refractivity contribution >= 4 is 17.5 Å². The molecular weight excluding hydrogens is 315 g/mol. The molecule has 0 spiro atoms. The summed E-state index contributed by atoms with van der Waals surface area (Å²) >= 11 is 0. The van der Waals surface area contributed by atoms with Crippen molar-refractivity contribution in [1.29, 1.82) is 0 Å². The number of amides is 2. The predicted octanol–water partition coefficient (Wildman–Crippen LogP) is 1.59. The summed E-state index contributed by atoms with van der Waals surface area (Å²) in [5, 5.41) is 1.96. The van der Waals surface area contributed by atoms with Crippen LogP contribution >= 0.6 is 0 Å². The van der Waals surface area contributed by atoms with E-state index in [1.165, 1.54) is 4.90 Å². The number of likely N-dealkylation sites (tertiary alicyclic amines) is 1. The van der Waals surface area contributed by atoms with Crippen molar-refractivity contribution in [2.24, 2.45) is 5.92 Å². The van der Waals surface area contributed by atoms with Gasteiger partial charge in [0, 0.05) is 19.3 Å². The van der Waals surface area contributed by atoms with Crippen LogP contribution in [0.2, 0.25) is 0 Å². The molecule has 23 heavy (non-hydrogen) atoms. The Morgan fingerprint density at radius 2 is 2.09 bits per heavy atom. The van der Waals surface area contributed by atoms with Gasteiger partial charge in [0.05, 0.1) is 5.56 Å². The van der Waals surface area contributed by atoms with Crippen LogP contribution in [-0.2, 0) is 15.8 Å². The Bertz CT molecular complexity index is 669. The minimum absolute atomic E-state index is 0.248. The van der Waals surface area contributed by atoms with Gasteiger partial charge >= 0.3 is 18.0 Å². The first-order valence-electron chi connectivity index (χ1n) is 7.08. The molecule has 2 rings (SSSR count). The number of rotatable bonds is 1. The number of carbonyl (C=O) groups excluding carboxylic acids is 2. The Labute approximate surface area is 129 Å². The molecule has 1 aliphatic heterocycles. The van der Waals surface area contributed by atoms with Gasteiger partial charge in [-0.3, -0.25) is 14.4 Å². The molecule has 2 heterocycles. The summed E-state index contributed by atoms with van der Waals surface area (Å²) in [5.41, 5.74) is -2.64. The van der Waals surface area contributed by atoms with Crippen molar-refractivity contribution in [2.75, 3.05) is 18.4 Å². The lowest BCUT2D eigenvalue weighted by Crippen LogP contribution is -2.45. The first-order valence-corrected chi connectivity index (χ1v) is 7.08. The van der Waals surface area contributed by atoms with E-state index in [1.807, 2.05) is 17.2 Å². The molecule has 2 amide bonds. The summed E-state index contributed by atoms with van der Waals surface area (Å²) in [6.45, 7) is 2.76. The lowest BCUT2D eigenvalue weighted by atomic mass is 10.0. The highest BCUT2D eigenvalue weighted by atomic mass is 19.4. The second-order valence-corrected chi connectivity index (χ2v) is 5.58. The van der Waals surface area contributed by atoms with E-state index >= 15 is 0 Å². The van der Waals surface area contributed by atoms with Gasteiger partial charge in [-0.15, -0.1) is 0 Å². The zero-order valence-corrected chi connectivity index (χ0v) is 12.4. The smallest absolute Gasteiger partial charge is 0.334 e. The number of pyridine rings is 1. The van der Waals surface area contributed by atoms with E-state index in [1.54, 1.807) is 0 Å². The molecule has 1 aromatic rings. The molecule has 1 fully saturated rings. The third-order valence-electron chi connectivity index (χ3n) is 3.62. The van der Waals surface area contributed by atoms with Crippen molar-refractivity contribution in [3.05, 3.63) is 28.2 Å². The highest BCUT2D eigenvalue weighted by molar-refractivity contribution is 6.39. The molecule has 9 heteroatoms. The van der Waals surface area contributed by atoms with Crippen LogP contribution in [0.1, 0.15) is 25.3 Å². The summed E-state index contributed by atoms with van der Waals surface area (Å²) in [4.78, 5) is 38.7. The minimum atomic E-state index is -4.67. The number of hydrogen-bond donors (Lipinski definition) is 2. The van der Waals surface area contributed by atoms with Crippen LogP contribution in [0.4, 0.5) is 18.9 Å². The fourth-order valence-corrected chi connectivity index (χ4v) is 2.43. The third kappa shape index (κ3) is 4.11. The molecule has 2 N–H and O–H groups in total. The number of H-pyrrole nitrogens is 1. The SMILES string of the molecule is CC1CCCN(C(=O)C(=O)Nc2cc(C(F)(F)F)c[nH]c2=O)C1. The number of anilines is 1. The fourth-order valence-electron chi connectivity index (χ4n) is 2.43. The van der Waals surface area contributed by atoms with Gasteiger partial charge in [0.2, 0.25) is 0 Å². The highest BCUT2D eigenvalue weighted by Gasteiger charge is 2.32. The van der Waals surface area contributed by atoms with E-state index in [9.17, 15) is 27.6 Å². The molecule has 0 aliphatic carbocycles. The number of piperidine rings is 1. The molecule has 6 nitrogen and oxygen atoms in total. The van der Waals surface area contributed by atoms with Crippen molar-refractivity contribution in [1.82, 2.24) is 9.88 Å². The molecule has 1 saturated heterocycles. The maximum Gasteiger partial charge on any atom is 0.417 e. The normalized spacial score (nSPS) is 18.6. The van der Waals surface area contributed by atoms with E-state index in [2.05, 4.69) is 0 Å². The Morgan fingerprint density at radius 1 is 1.39 bits per heavy atom. The number of hydrogen-bond acceptors (Lipinski definition) is 3. The molecule has 0 bridgehead atoms. The molecule has 126 valence electrons. The lowest BCUT2D eigenvalue weighted by Gasteiger charge is -2.30. The maximum absolute atomic E-state index is 12.6. The quantitative estimate of drug-likeness (QED) is 0.767. The summed E-state index contributed by atoms with van der Waals surface area (Å²) in [6, 6.07) is 0.503. The number of carbonyl (C=O) groups is 2. The molecule has 0 radical (unpaired) electrons. The summed E-state index contributed by atoms with van der Waals surface area (Å²) in [5.74, 6) is -1.73. The fraction of sp³-hybridized carbons (Fsp3) is 0.500. The average molecular weight is 331 g/mol. The van der Waals surface area contributed by atoms with Crippen molar-refractivity contribution < 1.29 is 22.8 Å². The highest BCUT2D eigenvalue weighted by Crippen LogP contribution is 2.29. The van der Waals surface area contributed by atoms with Gasteiger partial charge in [0.15, 0.2) is 0 Å². The second-order valence-electron chi connectivity index (χ2n) is 5.58. The number of aromatic nitrogens is 1. The first kappa shape index (κ1) is 17.0. The van der Waals surface area contributed by atoms with E-state index in [4.69, 9.17) is 0 Å². The largest absolute Gasteiger partial charge is 0.417 e. The number of halogens is 3. The zero-order chi connectivity index (χ0) is 17.2. The number of alkyl halides is 3. The third-order valence-corrected chi connectivity index (χ3v) is 3.62. The van der Waals surface area contributed by atoms with Gasteiger partial charge in [-0.05, 0) is 24.8 Å². The van der Waals surface area contributed by atoms with Gasteiger partial charge in [-0.25, -0.2) is 0 Å². The maximum atomic E-state index is 12.6. The number of nitrogens with one attached hydrogen (secondary N) is 2. The molecule has 0 saturated carbocycles. The Hall–Kier alpha value is -2.32. The van der Waals surface area contributed by atoms with Crippen molar-refractivity contribution in [2.45, 2.75) is 25.9 Å². The van der Waals surface area contributed by atoms with E-state index < -0.39 is 34.8 Å². The second kappa shape index (κ2) is 6.43. The molecule has 1 aromatic heterocycles. The lowest BCUT2D eigenvalue weighted by molar-refractivity contribution is -0.144. The van der Waals surface area contributed by atoms with Crippen LogP contribution in [-0.4, -0.2) is 34.8 Å². The van der Waals surface area contributed by atoms with Crippen LogP contribution in [0.3, 0.4) is 0 Å². The van der Waals surface area contributed by atoms with Crippen LogP contribution in [0, 0.1) is 5.92 Å². The van der Waals surface area contributed by atoms with E-state index in [-0.39, 0.29) is 5.92 Å². The van der Waals surface area contributed by atoms with E-state index in [0.29, 0.717) is 25.4 Å². The van der Waals surface area contributed by atoms with Crippen LogP contribution < -0.4 is 10.9 Å². The summed E-state index contributed by atoms with van der Waals surface area (Å²) in [7, 11) is 0. The number of nitrogens with zero attached hydrogens (tertiary/aromatic N) is 1. The van der Waals surface area contributed by atoms with Crippen LogP contribution in [0.5, 0.6) is 0 Å². The zero-order valence-electron chi connectivity index (χ0n) is 12.4. The summed E-state index contributed by atoms with van der Waals surface area (Å²) in [6.07, 6.45) is -2.47. The monoisotopic (exact) mass is 331 g/mol. The molecule has 0 aromatic carbocycles.